The Morgan fingerprint density at radius 2 is 2.14 bits per heavy atom. The number of amidine groups is 1. The summed E-state index contributed by atoms with van der Waals surface area (Å²) < 4.78 is 29.5. The van der Waals surface area contributed by atoms with Gasteiger partial charge in [-0.25, -0.2) is 13.8 Å². The smallest absolute Gasteiger partial charge is 0.185 e. The van der Waals surface area contributed by atoms with Gasteiger partial charge in [0.25, 0.3) is 0 Å². The average molecular weight is 400 g/mol. The molecule has 0 saturated heterocycles. The number of benzene rings is 1. The number of hydrogen-bond acceptors (Lipinski definition) is 6. The maximum Gasteiger partial charge on any atom is 0.185 e. The Hall–Kier alpha value is -2.79. The quantitative estimate of drug-likeness (QED) is 0.793. The number of thioether (sulfide) groups is 1. The van der Waals surface area contributed by atoms with Crippen molar-refractivity contribution in [2.45, 2.75) is 37.2 Å². The lowest BCUT2D eigenvalue weighted by Gasteiger charge is -2.37. The molecule has 0 saturated carbocycles. The fourth-order valence-corrected chi connectivity index (χ4v) is 4.21. The van der Waals surface area contributed by atoms with Crippen LogP contribution in [0.4, 0.5) is 8.78 Å². The third-order valence-corrected chi connectivity index (χ3v) is 5.66. The van der Waals surface area contributed by atoms with Gasteiger partial charge in [-0.1, -0.05) is 17.8 Å². The van der Waals surface area contributed by atoms with Crippen LogP contribution in [0, 0.1) is 17.1 Å². The van der Waals surface area contributed by atoms with Crippen LogP contribution >= 0.6 is 11.8 Å². The number of nitrogens with two attached hydrogens (primary N) is 1. The van der Waals surface area contributed by atoms with Gasteiger partial charge < -0.3 is 5.73 Å². The minimum atomic E-state index is -1.47. The predicted octanol–water partition coefficient (Wildman–Crippen LogP) is 3.52. The molecule has 1 aromatic carbocycles. The summed E-state index contributed by atoms with van der Waals surface area (Å²) in [5.74, 6) is -0.895. The van der Waals surface area contributed by atoms with Crippen molar-refractivity contribution in [1.29, 1.82) is 5.26 Å². The summed E-state index contributed by atoms with van der Waals surface area (Å²) in [6.45, 7) is 3.18. The number of carbonyl (C=O) groups is 1. The molecule has 0 radical (unpaired) electrons. The highest BCUT2D eigenvalue weighted by Crippen LogP contribution is 2.42. The van der Waals surface area contributed by atoms with Gasteiger partial charge in [-0.05, 0) is 43.7 Å². The van der Waals surface area contributed by atoms with Crippen LogP contribution < -0.4 is 5.73 Å². The largest absolute Gasteiger partial charge is 0.379 e. The van der Waals surface area contributed by atoms with E-state index in [-0.39, 0.29) is 28.6 Å². The summed E-state index contributed by atoms with van der Waals surface area (Å²) in [5, 5.41) is 8.53. The number of ketones is 1. The van der Waals surface area contributed by atoms with E-state index in [9.17, 15) is 13.6 Å². The highest BCUT2D eigenvalue weighted by molar-refractivity contribution is 8.14. The summed E-state index contributed by atoms with van der Waals surface area (Å²) in [7, 11) is 0. The van der Waals surface area contributed by atoms with Gasteiger partial charge in [0.15, 0.2) is 11.0 Å². The van der Waals surface area contributed by atoms with Crippen LogP contribution in [0.1, 0.15) is 41.0 Å². The maximum absolute atomic E-state index is 14.9. The lowest BCUT2D eigenvalue weighted by atomic mass is 9.84. The van der Waals surface area contributed by atoms with E-state index in [0.29, 0.717) is 11.1 Å². The van der Waals surface area contributed by atoms with E-state index in [4.69, 9.17) is 11.0 Å². The molecule has 8 heteroatoms. The molecule has 1 aromatic heterocycles. The number of Topliss-reactive ketones (excluding diaryl/α,β-unsaturated/α-hetero) is 1. The van der Waals surface area contributed by atoms with E-state index in [1.54, 1.807) is 6.92 Å². The van der Waals surface area contributed by atoms with Gasteiger partial charge >= 0.3 is 0 Å². The fraction of sp³-hybridized carbons (Fsp3) is 0.300. The summed E-state index contributed by atoms with van der Waals surface area (Å²) >= 11 is 1.11. The number of carbonyl (C=O) groups excluding carboxylic acids is 1. The molecule has 5 nitrogen and oxygen atoms in total. The molecular weight excluding hydrogens is 382 g/mol. The van der Waals surface area contributed by atoms with E-state index < -0.39 is 22.8 Å². The van der Waals surface area contributed by atoms with Crippen LogP contribution in [0.3, 0.4) is 0 Å². The van der Waals surface area contributed by atoms with Gasteiger partial charge in [0.05, 0.1) is 5.56 Å². The van der Waals surface area contributed by atoms with Crippen molar-refractivity contribution in [2.75, 3.05) is 0 Å². The SMILES string of the molecule is C[C@@H]1SC(N)=N[C@](C)(c2cc(CC(=O)c3ccc(C#N)cn3)ccc2F)[C@@H]1F. The molecule has 0 fully saturated rings. The van der Waals surface area contributed by atoms with Gasteiger partial charge in [0.1, 0.15) is 29.3 Å². The first-order valence-corrected chi connectivity index (χ1v) is 9.47. The Bertz CT molecular complexity index is 987. The predicted molar refractivity (Wildman–Crippen MR) is 104 cm³/mol. The van der Waals surface area contributed by atoms with E-state index in [2.05, 4.69) is 9.98 Å². The molecule has 28 heavy (non-hydrogen) atoms. The second-order valence-electron chi connectivity index (χ2n) is 6.78. The van der Waals surface area contributed by atoms with Crippen molar-refractivity contribution in [3.8, 4) is 6.07 Å². The maximum atomic E-state index is 14.9. The Morgan fingerprint density at radius 3 is 2.79 bits per heavy atom. The molecule has 0 spiro atoms. The molecule has 3 atom stereocenters. The molecule has 2 N–H and O–H groups in total. The molecule has 0 bridgehead atoms. The van der Waals surface area contributed by atoms with E-state index >= 15 is 0 Å². The molecule has 1 aliphatic heterocycles. The Morgan fingerprint density at radius 1 is 1.39 bits per heavy atom. The molecule has 144 valence electrons. The highest BCUT2D eigenvalue weighted by atomic mass is 32.2. The zero-order chi connectivity index (χ0) is 20.5. The summed E-state index contributed by atoms with van der Waals surface area (Å²) in [6, 6.07) is 9.05. The third kappa shape index (κ3) is 3.76. The number of hydrogen-bond donors (Lipinski definition) is 1. The molecular formula is C20H18F2N4OS. The number of rotatable bonds is 4. The first kappa shape index (κ1) is 20.0. The standard InChI is InChI=1S/C20H18F2N4OS/c1-11-18(22)20(2,26-19(24)28-11)14-7-12(3-5-15(14)21)8-17(27)16-6-4-13(9-23)10-25-16/h3-7,10-11,18H,8H2,1-2H3,(H2,24,26)/t11-,18+,20+/m0/s1. The zero-order valence-corrected chi connectivity index (χ0v) is 16.1. The van der Waals surface area contributed by atoms with Gasteiger partial charge in [0.2, 0.25) is 0 Å². The van der Waals surface area contributed by atoms with Crippen LogP contribution in [0.5, 0.6) is 0 Å². The molecule has 2 heterocycles. The average Bonchev–Trinajstić information content (AvgIpc) is 2.67. The van der Waals surface area contributed by atoms with Crippen molar-refractivity contribution in [1.82, 2.24) is 4.98 Å². The van der Waals surface area contributed by atoms with Gasteiger partial charge in [0, 0.05) is 23.4 Å². The van der Waals surface area contributed by atoms with E-state index in [0.717, 1.165) is 11.8 Å². The van der Waals surface area contributed by atoms with Crippen molar-refractivity contribution in [2.24, 2.45) is 10.7 Å². The van der Waals surface area contributed by atoms with Crippen LogP contribution in [0.2, 0.25) is 0 Å². The first-order valence-electron chi connectivity index (χ1n) is 8.59. The number of pyridine rings is 1. The van der Waals surface area contributed by atoms with Gasteiger partial charge in [-0.15, -0.1) is 0 Å². The van der Waals surface area contributed by atoms with E-state index in [1.807, 2.05) is 6.07 Å². The van der Waals surface area contributed by atoms with Crippen molar-refractivity contribution in [3.63, 3.8) is 0 Å². The van der Waals surface area contributed by atoms with Crippen LogP contribution in [0.15, 0.2) is 41.5 Å². The number of nitrogens with zero attached hydrogens (tertiary/aromatic N) is 3. The molecule has 2 aromatic rings. The topological polar surface area (TPSA) is 92.1 Å². The van der Waals surface area contributed by atoms with Crippen molar-refractivity contribution in [3.05, 3.63) is 64.7 Å². The first-order chi connectivity index (χ1) is 13.2. The van der Waals surface area contributed by atoms with Crippen molar-refractivity contribution >= 4 is 22.7 Å². The van der Waals surface area contributed by atoms with Crippen LogP contribution in [-0.4, -0.2) is 27.4 Å². The number of aliphatic imine (C=N–C) groups is 1. The summed E-state index contributed by atoms with van der Waals surface area (Å²) in [5.41, 5.74) is 5.47. The van der Waals surface area contributed by atoms with Gasteiger partial charge in [-0.2, -0.15) is 5.26 Å². The normalized spacial score (nSPS) is 24.3. The van der Waals surface area contributed by atoms with E-state index in [1.165, 1.54) is 43.5 Å². The second kappa shape index (κ2) is 7.68. The van der Waals surface area contributed by atoms with Crippen LogP contribution in [0.25, 0.3) is 0 Å². The molecule has 3 rings (SSSR count). The minimum Gasteiger partial charge on any atom is -0.379 e. The lowest BCUT2D eigenvalue weighted by Crippen LogP contribution is -2.44. The molecule has 1 aliphatic rings. The second-order valence-corrected chi connectivity index (χ2v) is 8.18. The lowest BCUT2D eigenvalue weighted by molar-refractivity contribution is 0.0988. The highest BCUT2D eigenvalue weighted by Gasteiger charge is 2.45. The van der Waals surface area contributed by atoms with Crippen LogP contribution in [-0.2, 0) is 12.0 Å². The number of halogens is 2. The Balaban J connectivity index is 1.92. The van der Waals surface area contributed by atoms with Crippen molar-refractivity contribution < 1.29 is 13.6 Å². The Labute approximate surface area is 165 Å². The third-order valence-electron chi connectivity index (χ3n) is 4.72. The zero-order valence-electron chi connectivity index (χ0n) is 15.3. The molecule has 0 unspecified atom stereocenters. The summed E-state index contributed by atoms with van der Waals surface area (Å²) in [4.78, 5) is 20.6. The Kier molecular flexibility index (Phi) is 5.47. The fourth-order valence-electron chi connectivity index (χ4n) is 3.20. The molecule has 0 amide bonds. The molecule has 0 aliphatic carbocycles. The number of aromatic nitrogens is 1. The number of nitriles is 1. The summed E-state index contributed by atoms with van der Waals surface area (Å²) in [6.07, 6.45) is -0.162. The monoisotopic (exact) mass is 400 g/mol. The minimum absolute atomic E-state index is 0.0390. The van der Waals surface area contributed by atoms with Gasteiger partial charge in [-0.3, -0.25) is 9.78 Å². The number of alkyl halides is 1.